The number of halogens is 1. The van der Waals surface area contributed by atoms with Crippen LogP contribution in [0.25, 0.3) is 0 Å². The Morgan fingerprint density at radius 1 is 1.28 bits per heavy atom. The molecule has 156 valence electrons. The molecule has 29 heavy (non-hydrogen) atoms. The number of rotatable bonds is 6. The second-order valence-electron chi connectivity index (χ2n) is 7.01. The fourth-order valence-electron chi connectivity index (χ4n) is 3.42. The lowest BCUT2D eigenvalue weighted by Gasteiger charge is -2.25. The summed E-state index contributed by atoms with van der Waals surface area (Å²) in [5, 5.41) is 7.81. The van der Waals surface area contributed by atoms with Crippen LogP contribution >= 0.6 is 0 Å². The molecule has 9 nitrogen and oxygen atoms in total. The van der Waals surface area contributed by atoms with Gasteiger partial charge in [0.2, 0.25) is 0 Å². The summed E-state index contributed by atoms with van der Waals surface area (Å²) >= 11 is 0. The predicted molar refractivity (Wildman–Crippen MR) is 102 cm³/mol. The molecule has 2 aromatic rings. The van der Waals surface area contributed by atoms with Crippen LogP contribution in [-0.2, 0) is 6.54 Å². The summed E-state index contributed by atoms with van der Waals surface area (Å²) < 4.78 is 26.3. The smallest absolute Gasteiger partial charge is 0.275 e. The number of likely N-dealkylation sites (tertiary alicyclic amines) is 1. The van der Waals surface area contributed by atoms with Gasteiger partial charge in [0.15, 0.2) is 17.2 Å². The number of para-hydroxylation sites is 1. The number of hydrogen-bond acceptors (Lipinski definition) is 6. The molecule has 2 atom stereocenters. The maximum Gasteiger partial charge on any atom is 0.275 e. The first-order valence-electron chi connectivity index (χ1n) is 9.13. The number of nitrogens with zero attached hydrogens (tertiary/aromatic N) is 5. The fraction of sp³-hybridized carbons (Fsp3) is 0.474. The number of aromatic nitrogens is 3. The third-order valence-electron chi connectivity index (χ3n) is 4.82. The number of carbonyl (C=O) groups is 2. The number of amides is 2. The zero-order valence-electron chi connectivity index (χ0n) is 16.8. The minimum Gasteiger partial charge on any atom is -0.493 e. The molecule has 0 spiro atoms. The largest absolute Gasteiger partial charge is 0.493 e. The minimum absolute atomic E-state index is 0.0257. The van der Waals surface area contributed by atoms with Crippen LogP contribution in [0.5, 0.6) is 11.5 Å². The van der Waals surface area contributed by atoms with Crippen molar-refractivity contribution in [2.24, 2.45) is 0 Å². The molecule has 0 bridgehead atoms. The number of ether oxygens (including phenoxy) is 2. The summed E-state index contributed by atoms with van der Waals surface area (Å²) in [5.74, 6) is 0.102. The van der Waals surface area contributed by atoms with Gasteiger partial charge < -0.3 is 19.3 Å². The second kappa shape index (κ2) is 8.46. The van der Waals surface area contributed by atoms with Crippen LogP contribution in [0.2, 0.25) is 0 Å². The number of carbonyl (C=O) groups excluding carboxylic acids is 2. The summed E-state index contributed by atoms with van der Waals surface area (Å²) in [6, 6.07) is 4.56. The van der Waals surface area contributed by atoms with Crippen molar-refractivity contribution >= 4 is 11.8 Å². The van der Waals surface area contributed by atoms with E-state index < -0.39 is 12.2 Å². The van der Waals surface area contributed by atoms with Crippen LogP contribution in [0.3, 0.4) is 0 Å². The molecule has 1 aliphatic rings. The molecule has 1 aromatic heterocycles. The molecule has 1 saturated heterocycles. The molecule has 2 amide bonds. The van der Waals surface area contributed by atoms with Gasteiger partial charge in [0.05, 0.1) is 45.1 Å². The summed E-state index contributed by atoms with van der Waals surface area (Å²) in [6.07, 6.45) is 0.532. The Morgan fingerprint density at radius 3 is 2.69 bits per heavy atom. The number of hydrogen-bond donors (Lipinski definition) is 0. The molecular formula is C19H24FN5O4. The Bertz CT molecular complexity index is 900. The van der Waals surface area contributed by atoms with E-state index in [4.69, 9.17) is 9.47 Å². The van der Waals surface area contributed by atoms with Crippen molar-refractivity contribution in [3.05, 3.63) is 35.7 Å². The second-order valence-corrected chi connectivity index (χ2v) is 7.01. The monoisotopic (exact) mass is 405 g/mol. The van der Waals surface area contributed by atoms with Gasteiger partial charge in [-0.25, -0.2) is 9.07 Å². The fourth-order valence-corrected chi connectivity index (χ4v) is 3.42. The number of alkyl halides is 1. The van der Waals surface area contributed by atoms with E-state index in [0.717, 1.165) is 0 Å². The number of benzene rings is 1. The van der Waals surface area contributed by atoms with Crippen LogP contribution in [0.4, 0.5) is 4.39 Å². The van der Waals surface area contributed by atoms with Crippen molar-refractivity contribution in [1.82, 2.24) is 24.8 Å². The first-order valence-corrected chi connectivity index (χ1v) is 9.13. The quantitative estimate of drug-likeness (QED) is 0.719. The molecule has 10 heteroatoms. The Balaban J connectivity index is 1.82. The van der Waals surface area contributed by atoms with Crippen molar-refractivity contribution in [3.63, 3.8) is 0 Å². The zero-order valence-corrected chi connectivity index (χ0v) is 16.8. The van der Waals surface area contributed by atoms with E-state index in [1.807, 2.05) is 0 Å². The first kappa shape index (κ1) is 20.6. The maximum absolute atomic E-state index is 14.2. The average Bonchev–Trinajstić information content (AvgIpc) is 3.32. The molecule has 0 aliphatic carbocycles. The highest BCUT2D eigenvalue weighted by molar-refractivity contribution is 5.98. The van der Waals surface area contributed by atoms with Crippen molar-refractivity contribution in [3.8, 4) is 11.5 Å². The van der Waals surface area contributed by atoms with Gasteiger partial charge in [-0.1, -0.05) is 11.3 Å². The van der Waals surface area contributed by atoms with Gasteiger partial charge in [-0.15, -0.1) is 5.10 Å². The summed E-state index contributed by atoms with van der Waals surface area (Å²) in [7, 11) is 6.17. The third-order valence-corrected chi connectivity index (χ3v) is 4.82. The topological polar surface area (TPSA) is 89.8 Å². The third kappa shape index (κ3) is 4.15. The van der Waals surface area contributed by atoms with E-state index in [1.165, 1.54) is 34.9 Å². The first-order chi connectivity index (χ1) is 13.8. The van der Waals surface area contributed by atoms with Gasteiger partial charge in [0, 0.05) is 20.5 Å². The summed E-state index contributed by atoms with van der Waals surface area (Å²) in [4.78, 5) is 28.0. The Labute approximate surface area is 168 Å². The molecule has 3 rings (SSSR count). The molecule has 1 fully saturated rings. The highest BCUT2D eigenvalue weighted by Gasteiger charge is 2.37. The van der Waals surface area contributed by atoms with Gasteiger partial charge in [0.25, 0.3) is 11.8 Å². The normalized spacial score (nSPS) is 18.6. The van der Waals surface area contributed by atoms with Crippen molar-refractivity contribution in [2.45, 2.75) is 25.2 Å². The van der Waals surface area contributed by atoms with Crippen molar-refractivity contribution in [1.29, 1.82) is 0 Å². The lowest BCUT2D eigenvalue weighted by molar-refractivity contribution is 0.0709. The van der Waals surface area contributed by atoms with Gasteiger partial charge in [-0.05, 0) is 12.1 Å². The summed E-state index contributed by atoms with van der Waals surface area (Å²) in [6.45, 7) is 0.203. The molecule has 0 radical (unpaired) electrons. The van der Waals surface area contributed by atoms with Crippen LogP contribution in [0.1, 0.15) is 27.3 Å². The van der Waals surface area contributed by atoms with E-state index in [1.54, 1.807) is 32.3 Å². The minimum atomic E-state index is -1.15. The maximum atomic E-state index is 14.2. The van der Waals surface area contributed by atoms with E-state index in [-0.39, 0.29) is 37.0 Å². The van der Waals surface area contributed by atoms with Crippen molar-refractivity contribution in [2.75, 3.05) is 34.9 Å². The molecule has 1 aromatic carbocycles. The average molecular weight is 405 g/mol. The Morgan fingerprint density at radius 2 is 2.03 bits per heavy atom. The Kier molecular flexibility index (Phi) is 6.00. The molecular weight excluding hydrogens is 381 g/mol. The van der Waals surface area contributed by atoms with Crippen molar-refractivity contribution < 1.29 is 23.5 Å². The van der Waals surface area contributed by atoms with Gasteiger partial charge in [-0.2, -0.15) is 0 Å². The van der Waals surface area contributed by atoms with Crippen LogP contribution in [-0.4, -0.2) is 83.7 Å². The van der Waals surface area contributed by atoms with E-state index in [2.05, 4.69) is 10.3 Å². The standard InChI is InChI=1S/C19H24FN5O4/c1-23(2)19(27)15-11-24(22-21-15)10-13-8-12(20)9-25(13)18(26)14-6-5-7-16(28-3)17(14)29-4/h5-7,11-13H,8-10H2,1-4H3. The lowest BCUT2D eigenvalue weighted by Crippen LogP contribution is -2.38. The van der Waals surface area contributed by atoms with E-state index in [9.17, 15) is 14.0 Å². The molecule has 0 saturated carbocycles. The molecule has 2 unspecified atom stereocenters. The molecule has 0 N–H and O–H groups in total. The zero-order chi connectivity index (χ0) is 21.1. The highest BCUT2D eigenvalue weighted by Crippen LogP contribution is 2.33. The Hall–Kier alpha value is -3.17. The van der Waals surface area contributed by atoms with Gasteiger partial charge >= 0.3 is 0 Å². The van der Waals surface area contributed by atoms with Crippen LogP contribution < -0.4 is 9.47 Å². The molecule has 2 heterocycles. The van der Waals surface area contributed by atoms with Gasteiger partial charge in [0.1, 0.15) is 6.17 Å². The number of methoxy groups -OCH3 is 2. The van der Waals surface area contributed by atoms with E-state index >= 15 is 0 Å². The van der Waals surface area contributed by atoms with Crippen LogP contribution in [0, 0.1) is 0 Å². The highest BCUT2D eigenvalue weighted by atomic mass is 19.1. The summed E-state index contributed by atoms with van der Waals surface area (Å²) in [5.41, 5.74) is 0.491. The van der Waals surface area contributed by atoms with Crippen LogP contribution in [0.15, 0.2) is 24.4 Å². The lowest BCUT2D eigenvalue weighted by atomic mass is 10.1. The SMILES string of the molecule is COc1cccc(C(=O)N2CC(F)CC2Cn2cc(C(=O)N(C)C)nn2)c1OC. The van der Waals surface area contributed by atoms with E-state index in [0.29, 0.717) is 17.1 Å². The molecule has 1 aliphatic heterocycles. The predicted octanol–water partition coefficient (Wildman–Crippen LogP) is 1.25. The van der Waals surface area contributed by atoms with Gasteiger partial charge in [-0.3, -0.25) is 9.59 Å².